The highest BCUT2D eigenvalue weighted by atomic mass is 16.5. The quantitative estimate of drug-likeness (QED) is 0.793. The second-order valence-corrected chi connectivity index (χ2v) is 7.01. The number of nitrogens with one attached hydrogen (secondary N) is 1. The predicted octanol–water partition coefficient (Wildman–Crippen LogP) is 4.56. The van der Waals surface area contributed by atoms with E-state index in [1.54, 1.807) is 0 Å². The Morgan fingerprint density at radius 2 is 2.00 bits per heavy atom. The van der Waals surface area contributed by atoms with E-state index in [9.17, 15) is 0 Å². The van der Waals surface area contributed by atoms with Crippen LogP contribution < -0.4 is 10.1 Å². The molecule has 1 aromatic rings. The SMILES string of the molecule is CCCNC(c1cccc(OC(C)C)c1)C1C2CCCC21. The minimum Gasteiger partial charge on any atom is -0.491 e. The van der Waals surface area contributed by atoms with E-state index in [4.69, 9.17) is 4.74 Å². The summed E-state index contributed by atoms with van der Waals surface area (Å²) in [5.41, 5.74) is 1.42. The van der Waals surface area contributed by atoms with Crippen molar-refractivity contribution in [3.8, 4) is 5.75 Å². The minimum absolute atomic E-state index is 0.239. The Morgan fingerprint density at radius 3 is 2.67 bits per heavy atom. The Labute approximate surface area is 129 Å². The lowest BCUT2D eigenvalue weighted by Crippen LogP contribution is -2.25. The molecule has 0 aromatic heterocycles. The molecule has 21 heavy (non-hydrogen) atoms. The van der Waals surface area contributed by atoms with E-state index in [0.717, 1.165) is 30.0 Å². The van der Waals surface area contributed by atoms with Gasteiger partial charge in [-0.15, -0.1) is 0 Å². The normalized spacial score (nSPS) is 28.5. The monoisotopic (exact) mass is 287 g/mol. The molecule has 2 nitrogen and oxygen atoms in total. The molecule has 1 N–H and O–H groups in total. The van der Waals surface area contributed by atoms with Crippen LogP contribution in [-0.4, -0.2) is 12.6 Å². The van der Waals surface area contributed by atoms with Crippen molar-refractivity contribution in [3.05, 3.63) is 29.8 Å². The molecule has 3 rings (SSSR count). The first-order valence-electron chi connectivity index (χ1n) is 8.70. The van der Waals surface area contributed by atoms with Crippen molar-refractivity contribution >= 4 is 0 Å². The topological polar surface area (TPSA) is 21.3 Å². The molecule has 0 spiro atoms. The van der Waals surface area contributed by atoms with Gasteiger partial charge in [0.25, 0.3) is 0 Å². The molecule has 2 heteroatoms. The average Bonchev–Trinajstić information content (AvgIpc) is 2.92. The fraction of sp³-hybridized carbons (Fsp3) is 0.684. The van der Waals surface area contributed by atoms with Gasteiger partial charge in [-0.05, 0) is 75.1 Å². The molecule has 1 aromatic carbocycles. The Morgan fingerprint density at radius 1 is 1.24 bits per heavy atom. The van der Waals surface area contributed by atoms with Crippen molar-refractivity contribution in [2.24, 2.45) is 17.8 Å². The molecule has 3 atom stereocenters. The smallest absolute Gasteiger partial charge is 0.120 e. The third kappa shape index (κ3) is 3.26. The van der Waals surface area contributed by atoms with E-state index in [1.807, 2.05) is 0 Å². The van der Waals surface area contributed by atoms with E-state index in [-0.39, 0.29) is 6.10 Å². The van der Waals surface area contributed by atoms with Crippen LogP contribution in [0.2, 0.25) is 0 Å². The largest absolute Gasteiger partial charge is 0.491 e. The van der Waals surface area contributed by atoms with Crippen LogP contribution in [-0.2, 0) is 0 Å². The first-order valence-corrected chi connectivity index (χ1v) is 8.70. The van der Waals surface area contributed by atoms with Crippen LogP contribution in [0.5, 0.6) is 5.75 Å². The van der Waals surface area contributed by atoms with Gasteiger partial charge >= 0.3 is 0 Å². The van der Waals surface area contributed by atoms with Crippen LogP contribution in [0.15, 0.2) is 24.3 Å². The van der Waals surface area contributed by atoms with Gasteiger partial charge in [0.2, 0.25) is 0 Å². The van der Waals surface area contributed by atoms with Gasteiger partial charge in [0.05, 0.1) is 6.10 Å². The van der Waals surface area contributed by atoms with Crippen LogP contribution in [0.1, 0.15) is 58.1 Å². The summed E-state index contributed by atoms with van der Waals surface area (Å²) in [6.07, 6.45) is 5.77. The number of ether oxygens (including phenoxy) is 1. The lowest BCUT2D eigenvalue weighted by atomic mass is 9.96. The Balaban J connectivity index is 1.76. The van der Waals surface area contributed by atoms with Crippen LogP contribution in [0.3, 0.4) is 0 Å². The lowest BCUT2D eigenvalue weighted by Gasteiger charge is -2.22. The molecular formula is C19H29NO. The number of hydrogen-bond donors (Lipinski definition) is 1. The Bertz CT molecular complexity index is 460. The molecule has 0 bridgehead atoms. The van der Waals surface area contributed by atoms with Crippen molar-refractivity contribution in [1.29, 1.82) is 0 Å². The summed E-state index contributed by atoms with van der Waals surface area (Å²) in [6, 6.07) is 9.27. The molecule has 2 aliphatic carbocycles. The van der Waals surface area contributed by atoms with Gasteiger partial charge in [0, 0.05) is 6.04 Å². The van der Waals surface area contributed by atoms with E-state index < -0.39 is 0 Å². The first kappa shape index (κ1) is 14.9. The van der Waals surface area contributed by atoms with Gasteiger partial charge < -0.3 is 10.1 Å². The molecule has 0 radical (unpaired) electrons. The zero-order chi connectivity index (χ0) is 14.8. The molecule has 2 saturated carbocycles. The van der Waals surface area contributed by atoms with Crippen molar-refractivity contribution < 1.29 is 4.74 Å². The third-order valence-electron chi connectivity index (χ3n) is 5.06. The van der Waals surface area contributed by atoms with Gasteiger partial charge in [-0.2, -0.15) is 0 Å². The van der Waals surface area contributed by atoms with Crippen LogP contribution >= 0.6 is 0 Å². The van der Waals surface area contributed by atoms with Gasteiger partial charge in [-0.1, -0.05) is 25.5 Å². The van der Waals surface area contributed by atoms with Gasteiger partial charge in [-0.3, -0.25) is 0 Å². The molecule has 2 aliphatic rings. The lowest BCUT2D eigenvalue weighted by molar-refractivity contribution is 0.242. The minimum atomic E-state index is 0.239. The summed E-state index contributed by atoms with van der Waals surface area (Å²) in [7, 11) is 0. The number of benzene rings is 1. The van der Waals surface area contributed by atoms with E-state index in [0.29, 0.717) is 6.04 Å². The van der Waals surface area contributed by atoms with Crippen molar-refractivity contribution in [2.45, 2.75) is 58.6 Å². The van der Waals surface area contributed by atoms with Crippen molar-refractivity contribution in [2.75, 3.05) is 6.54 Å². The van der Waals surface area contributed by atoms with Gasteiger partial charge in [-0.25, -0.2) is 0 Å². The maximum atomic E-state index is 5.88. The van der Waals surface area contributed by atoms with Crippen LogP contribution in [0, 0.1) is 17.8 Å². The molecular weight excluding hydrogens is 258 g/mol. The maximum Gasteiger partial charge on any atom is 0.120 e. The molecule has 0 amide bonds. The van der Waals surface area contributed by atoms with E-state index in [1.165, 1.54) is 31.2 Å². The van der Waals surface area contributed by atoms with Crippen LogP contribution in [0.4, 0.5) is 0 Å². The highest BCUT2D eigenvalue weighted by Crippen LogP contribution is 2.62. The zero-order valence-electron chi connectivity index (χ0n) is 13.6. The number of rotatable bonds is 7. The third-order valence-corrected chi connectivity index (χ3v) is 5.06. The summed E-state index contributed by atoms with van der Waals surface area (Å²) in [6.45, 7) is 7.53. The number of hydrogen-bond acceptors (Lipinski definition) is 2. The molecule has 116 valence electrons. The van der Waals surface area contributed by atoms with Gasteiger partial charge in [0.15, 0.2) is 0 Å². The summed E-state index contributed by atoms with van der Waals surface area (Å²) < 4.78 is 5.88. The Hall–Kier alpha value is -1.02. The maximum absolute atomic E-state index is 5.88. The fourth-order valence-corrected chi connectivity index (χ4v) is 4.20. The summed E-state index contributed by atoms with van der Waals surface area (Å²) in [4.78, 5) is 0. The number of fused-ring (bicyclic) bond motifs is 1. The summed E-state index contributed by atoms with van der Waals surface area (Å²) in [5, 5.41) is 3.80. The highest BCUT2D eigenvalue weighted by Gasteiger charge is 2.55. The van der Waals surface area contributed by atoms with Crippen molar-refractivity contribution in [1.82, 2.24) is 5.32 Å². The second kappa shape index (κ2) is 6.39. The van der Waals surface area contributed by atoms with E-state index in [2.05, 4.69) is 50.4 Å². The molecule has 0 heterocycles. The average molecular weight is 287 g/mol. The molecule has 0 saturated heterocycles. The zero-order valence-corrected chi connectivity index (χ0v) is 13.6. The second-order valence-electron chi connectivity index (χ2n) is 7.01. The first-order chi connectivity index (χ1) is 10.2. The molecule has 0 aliphatic heterocycles. The summed E-state index contributed by atoms with van der Waals surface area (Å²) in [5.74, 6) is 3.83. The fourth-order valence-electron chi connectivity index (χ4n) is 4.20. The summed E-state index contributed by atoms with van der Waals surface area (Å²) >= 11 is 0. The molecule has 3 unspecified atom stereocenters. The highest BCUT2D eigenvalue weighted by molar-refractivity contribution is 5.32. The Kier molecular flexibility index (Phi) is 4.54. The van der Waals surface area contributed by atoms with Gasteiger partial charge in [0.1, 0.15) is 5.75 Å². The predicted molar refractivity (Wildman–Crippen MR) is 87.6 cm³/mol. The van der Waals surface area contributed by atoms with E-state index >= 15 is 0 Å². The molecule has 2 fully saturated rings. The standard InChI is InChI=1S/C19H29NO/c1-4-11-20-19(18-16-9-6-10-17(16)18)14-7-5-8-15(12-14)21-13(2)3/h5,7-8,12-13,16-20H,4,6,9-11H2,1-3H3. The van der Waals surface area contributed by atoms with Crippen molar-refractivity contribution in [3.63, 3.8) is 0 Å². The van der Waals surface area contributed by atoms with Crippen LogP contribution in [0.25, 0.3) is 0 Å².